The number of hydrogen-bond donors (Lipinski definition) is 2. The van der Waals surface area contributed by atoms with Crippen LogP contribution < -0.4 is 0 Å². The van der Waals surface area contributed by atoms with Gasteiger partial charge in [0, 0.05) is 12.0 Å². The second-order valence-electron chi connectivity index (χ2n) is 2.93. The first-order valence-corrected chi connectivity index (χ1v) is 5.95. The van der Waals surface area contributed by atoms with Gasteiger partial charge in [0.05, 0.1) is 0 Å². The highest BCUT2D eigenvalue weighted by molar-refractivity contribution is 8.23. The summed E-state index contributed by atoms with van der Waals surface area (Å²) in [6.07, 6.45) is 2.22. The van der Waals surface area contributed by atoms with Crippen molar-refractivity contribution in [3.8, 4) is 0 Å². The van der Waals surface area contributed by atoms with E-state index in [0.29, 0.717) is 5.75 Å². The maximum atomic E-state index is 9.12. The molecule has 0 bridgehead atoms. The quantitative estimate of drug-likeness (QED) is 0.761. The molecular weight excluding hydrogens is 172 g/mol. The van der Waals surface area contributed by atoms with Gasteiger partial charge in [0.25, 0.3) is 0 Å². The smallest absolute Gasteiger partial charge is 0.0411 e. The number of benzene rings is 1. The van der Waals surface area contributed by atoms with E-state index in [4.69, 9.17) is 9.11 Å². The van der Waals surface area contributed by atoms with Crippen LogP contribution in [0.5, 0.6) is 0 Å². The molecule has 12 heavy (non-hydrogen) atoms. The minimum absolute atomic E-state index is 0.455. The average molecular weight is 186 g/mol. The molecule has 0 fully saturated rings. The summed E-state index contributed by atoms with van der Waals surface area (Å²) in [5.41, 5.74) is 1.15. The van der Waals surface area contributed by atoms with Crippen LogP contribution in [0.15, 0.2) is 30.3 Å². The number of rotatable bonds is 3. The summed E-state index contributed by atoms with van der Waals surface area (Å²) in [4.78, 5) is 0. The molecule has 1 aromatic rings. The molecule has 2 nitrogen and oxygen atoms in total. The van der Waals surface area contributed by atoms with Crippen molar-refractivity contribution in [3.05, 3.63) is 35.9 Å². The molecule has 0 aromatic heterocycles. The monoisotopic (exact) mass is 186 g/mol. The Kier molecular flexibility index (Phi) is 3.14. The van der Waals surface area contributed by atoms with Gasteiger partial charge in [-0.3, -0.25) is 9.11 Å². The first kappa shape index (κ1) is 9.58. The van der Waals surface area contributed by atoms with Crippen molar-refractivity contribution in [1.29, 1.82) is 0 Å². The van der Waals surface area contributed by atoms with E-state index in [9.17, 15) is 0 Å². The van der Waals surface area contributed by atoms with Crippen LogP contribution in [0.25, 0.3) is 0 Å². The number of hydrogen-bond acceptors (Lipinski definition) is 2. The van der Waals surface area contributed by atoms with Crippen molar-refractivity contribution in [2.75, 3.05) is 12.0 Å². The van der Waals surface area contributed by atoms with E-state index in [-0.39, 0.29) is 0 Å². The Morgan fingerprint density at radius 3 is 2.25 bits per heavy atom. The average Bonchev–Trinajstić information content (AvgIpc) is 2.02. The van der Waals surface area contributed by atoms with E-state index in [0.717, 1.165) is 12.0 Å². The molecule has 2 N–H and O–H groups in total. The van der Waals surface area contributed by atoms with E-state index in [1.54, 1.807) is 0 Å². The standard InChI is InChI=1S/C9H14O2S/c1-12(10,11)8-7-9-5-3-2-4-6-9/h2-6,10-11H,7-8H2,1H3. The summed E-state index contributed by atoms with van der Waals surface area (Å²) in [5, 5.41) is 0. The van der Waals surface area contributed by atoms with Gasteiger partial charge in [0.1, 0.15) is 0 Å². The molecule has 3 heteroatoms. The Morgan fingerprint density at radius 1 is 1.17 bits per heavy atom. The summed E-state index contributed by atoms with van der Waals surface area (Å²) in [5.74, 6) is 0.455. The SMILES string of the molecule is CS(O)(O)CCc1ccccc1. The van der Waals surface area contributed by atoms with Crippen LogP contribution >= 0.6 is 10.6 Å². The molecule has 0 radical (unpaired) electrons. The maximum absolute atomic E-state index is 9.12. The molecule has 0 spiro atoms. The Morgan fingerprint density at radius 2 is 1.75 bits per heavy atom. The van der Waals surface area contributed by atoms with Crippen LogP contribution in [0.3, 0.4) is 0 Å². The van der Waals surface area contributed by atoms with Gasteiger partial charge in [-0.1, -0.05) is 30.3 Å². The normalized spacial score (nSPS) is 12.9. The van der Waals surface area contributed by atoms with Crippen LogP contribution in [0.1, 0.15) is 5.56 Å². The third-order valence-corrected chi connectivity index (χ3v) is 2.60. The van der Waals surface area contributed by atoms with Crippen LogP contribution in [0, 0.1) is 0 Å². The van der Waals surface area contributed by atoms with E-state index in [2.05, 4.69) is 0 Å². The predicted octanol–water partition coefficient (Wildman–Crippen LogP) is 2.61. The van der Waals surface area contributed by atoms with Gasteiger partial charge in [0.2, 0.25) is 0 Å². The van der Waals surface area contributed by atoms with Crippen molar-refractivity contribution in [3.63, 3.8) is 0 Å². The van der Waals surface area contributed by atoms with Gasteiger partial charge in [-0.25, -0.2) is 0 Å². The highest BCUT2D eigenvalue weighted by Gasteiger charge is 2.03. The molecule has 1 rings (SSSR count). The molecule has 0 aliphatic heterocycles. The highest BCUT2D eigenvalue weighted by atomic mass is 32.3. The summed E-state index contributed by atoms with van der Waals surface area (Å²) in [7, 11) is -2.32. The molecule has 68 valence electrons. The lowest BCUT2D eigenvalue weighted by Gasteiger charge is -2.26. The van der Waals surface area contributed by atoms with E-state index in [1.165, 1.54) is 6.26 Å². The second kappa shape index (κ2) is 3.94. The van der Waals surface area contributed by atoms with Gasteiger partial charge < -0.3 is 0 Å². The summed E-state index contributed by atoms with van der Waals surface area (Å²) in [6, 6.07) is 9.84. The molecule has 0 heterocycles. The molecule has 0 saturated carbocycles. The predicted molar refractivity (Wildman–Crippen MR) is 53.8 cm³/mol. The van der Waals surface area contributed by atoms with Crippen LogP contribution in [-0.2, 0) is 6.42 Å². The first-order chi connectivity index (χ1) is 5.58. The lowest BCUT2D eigenvalue weighted by Crippen LogP contribution is -2.02. The Labute approximate surface area is 74.6 Å². The highest BCUT2D eigenvalue weighted by Crippen LogP contribution is 2.33. The Hall–Kier alpha value is -0.510. The van der Waals surface area contributed by atoms with Crippen molar-refractivity contribution in [1.82, 2.24) is 0 Å². The van der Waals surface area contributed by atoms with E-state index in [1.807, 2.05) is 30.3 Å². The third kappa shape index (κ3) is 3.76. The summed E-state index contributed by atoms with van der Waals surface area (Å²) >= 11 is 0. The molecule has 0 amide bonds. The molecule has 0 aliphatic rings. The molecule has 0 saturated heterocycles. The van der Waals surface area contributed by atoms with Crippen LogP contribution in [0.4, 0.5) is 0 Å². The minimum Gasteiger partial charge on any atom is -0.300 e. The first-order valence-electron chi connectivity index (χ1n) is 3.83. The fourth-order valence-corrected chi connectivity index (χ4v) is 1.58. The van der Waals surface area contributed by atoms with Crippen molar-refractivity contribution < 1.29 is 9.11 Å². The summed E-state index contributed by atoms with van der Waals surface area (Å²) in [6.45, 7) is 0. The van der Waals surface area contributed by atoms with Gasteiger partial charge in [-0.05, 0) is 12.0 Å². The molecule has 0 aliphatic carbocycles. The fraction of sp³-hybridized carbons (Fsp3) is 0.333. The zero-order valence-electron chi connectivity index (χ0n) is 7.10. The zero-order chi connectivity index (χ0) is 9.03. The number of aryl methyl sites for hydroxylation is 1. The molecular formula is C9H14O2S. The van der Waals surface area contributed by atoms with Crippen molar-refractivity contribution in [2.45, 2.75) is 6.42 Å². The van der Waals surface area contributed by atoms with Crippen LogP contribution in [-0.4, -0.2) is 21.1 Å². The third-order valence-electron chi connectivity index (χ3n) is 1.62. The zero-order valence-corrected chi connectivity index (χ0v) is 7.92. The van der Waals surface area contributed by atoms with E-state index < -0.39 is 10.6 Å². The topological polar surface area (TPSA) is 40.5 Å². The molecule has 0 unspecified atom stereocenters. The van der Waals surface area contributed by atoms with Gasteiger partial charge in [0.15, 0.2) is 0 Å². The maximum Gasteiger partial charge on any atom is 0.0411 e. The molecule has 1 aromatic carbocycles. The van der Waals surface area contributed by atoms with Crippen molar-refractivity contribution >= 4 is 10.6 Å². The summed E-state index contributed by atoms with van der Waals surface area (Å²) < 4.78 is 18.2. The fourth-order valence-electron chi connectivity index (χ4n) is 0.956. The molecule has 0 atom stereocenters. The van der Waals surface area contributed by atoms with Gasteiger partial charge >= 0.3 is 0 Å². The second-order valence-corrected chi connectivity index (χ2v) is 5.33. The van der Waals surface area contributed by atoms with Gasteiger partial charge in [-0.15, -0.1) is 0 Å². The van der Waals surface area contributed by atoms with E-state index >= 15 is 0 Å². The van der Waals surface area contributed by atoms with Crippen LogP contribution in [0.2, 0.25) is 0 Å². The van der Waals surface area contributed by atoms with Gasteiger partial charge in [-0.2, -0.15) is 10.6 Å². The lowest BCUT2D eigenvalue weighted by molar-refractivity contribution is 0.494. The Bertz CT molecular complexity index is 228. The lowest BCUT2D eigenvalue weighted by atomic mass is 10.2. The Balaban J connectivity index is 2.44. The minimum atomic E-state index is -2.32. The largest absolute Gasteiger partial charge is 0.300 e. The van der Waals surface area contributed by atoms with Crippen molar-refractivity contribution in [2.24, 2.45) is 0 Å².